The molecule has 0 bridgehead atoms. The lowest BCUT2D eigenvalue weighted by molar-refractivity contribution is 0.629. The van der Waals surface area contributed by atoms with Gasteiger partial charge in [-0.3, -0.25) is 0 Å². The standard InChI is InChI=1S/C10H13N5.ClH/c1-2-15-10(12-13-14-15)11-8-9-6-4-3-5-7-9;/h3-7H,2,8H2,1H3,(H,11,12,14);1H. The predicted molar refractivity (Wildman–Crippen MR) is 64.5 cm³/mol. The number of rotatable bonds is 4. The minimum absolute atomic E-state index is 0. The minimum atomic E-state index is 0. The van der Waals surface area contributed by atoms with Crippen molar-refractivity contribution in [2.24, 2.45) is 0 Å². The first kappa shape index (κ1) is 12.4. The van der Waals surface area contributed by atoms with Crippen molar-refractivity contribution < 1.29 is 0 Å². The first-order valence-corrected chi connectivity index (χ1v) is 4.94. The van der Waals surface area contributed by atoms with Gasteiger partial charge in [0, 0.05) is 13.1 Å². The van der Waals surface area contributed by atoms with Crippen LogP contribution in [-0.2, 0) is 13.1 Å². The van der Waals surface area contributed by atoms with Crippen LogP contribution < -0.4 is 5.32 Å². The van der Waals surface area contributed by atoms with E-state index in [0.717, 1.165) is 13.1 Å². The van der Waals surface area contributed by atoms with E-state index >= 15 is 0 Å². The largest absolute Gasteiger partial charge is 0.349 e. The molecule has 0 saturated carbocycles. The number of nitrogens with zero attached hydrogens (tertiary/aromatic N) is 4. The number of hydrogen-bond acceptors (Lipinski definition) is 4. The molecule has 16 heavy (non-hydrogen) atoms. The van der Waals surface area contributed by atoms with Crippen molar-refractivity contribution in [2.75, 3.05) is 5.32 Å². The molecule has 0 aliphatic carbocycles. The van der Waals surface area contributed by atoms with Gasteiger partial charge >= 0.3 is 0 Å². The van der Waals surface area contributed by atoms with Gasteiger partial charge in [0.25, 0.3) is 0 Å². The van der Waals surface area contributed by atoms with E-state index in [4.69, 9.17) is 0 Å². The van der Waals surface area contributed by atoms with E-state index in [1.807, 2.05) is 25.1 Å². The lowest BCUT2D eigenvalue weighted by Gasteiger charge is -2.04. The maximum absolute atomic E-state index is 3.89. The Hall–Kier alpha value is -1.62. The number of nitrogens with one attached hydrogen (secondary N) is 1. The van der Waals surface area contributed by atoms with Gasteiger partial charge in [-0.15, -0.1) is 12.4 Å². The lowest BCUT2D eigenvalue weighted by atomic mass is 10.2. The summed E-state index contributed by atoms with van der Waals surface area (Å²) in [6.45, 7) is 3.51. The molecule has 0 amide bonds. The van der Waals surface area contributed by atoms with Crippen molar-refractivity contribution in [3.63, 3.8) is 0 Å². The highest BCUT2D eigenvalue weighted by atomic mass is 35.5. The lowest BCUT2D eigenvalue weighted by Crippen LogP contribution is -2.07. The van der Waals surface area contributed by atoms with Gasteiger partial charge in [0.1, 0.15) is 0 Å². The summed E-state index contributed by atoms with van der Waals surface area (Å²) in [6.07, 6.45) is 0. The maximum Gasteiger partial charge on any atom is 0.243 e. The number of halogens is 1. The molecule has 1 aromatic heterocycles. The average Bonchev–Trinajstić information content (AvgIpc) is 2.75. The van der Waals surface area contributed by atoms with Crippen molar-refractivity contribution in [1.29, 1.82) is 0 Å². The fraction of sp³-hybridized carbons (Fsp3) is 0.300. The molecule has 0 unspecified atom stereocenters. The zero-order chi connectivity index (χ0) is 10.5. The Morgan fingerprint density at radius 2 is 2.00 bits per heavy atom. The molecular formula is C10H14ClN5. The molecule has 1 aromatic carbocycles. The van der Waals surface area contributed by atoms with E-state index in [0.29, 0.717) is 5.95 Å². The minimum Gasteiger partial charge on any atom is -0.349 e. The van der Waals surface area contributed by atoms with E-state index in [1.165, 1.54) is 5.56 Å². The Bertz CT molecular complexity index is 414. The van der Waals surface area contributed by atoms with Gasteiger partial charge < -0.3 is 5.32 Å². The van der Waals surface area contributed by atoms with Crippen LogP contribution in [0, 0.1) is 0 Å². The second-order valence-corrected chi connectivity index (χ2v) is 3.16. The van der Waals surface area contributed by atoms with E-state index in [1.54, 1.807) is 4.68 Å². The number of hydrogen-bond donors (Lipinski definition) is 1. The zero-order valence-corrected chi connectivity index (χ0v) is 9.81. The number of tetrazole rings is 1. The van der Waals surface area contributed by atoms with Gasteiger partial charge in [0.05, 0.1) is 0 Å². The zero-order valence-electron chi connectivity index (χ0n) is 9.00. The molecule has 6 heteroatoms. The number of aromatic nitrogens is 4. The van der Waals surface area contributed by atoms with E-state index in [9.17, 15) is 0 Å². The monoisotopic (exact) mass is 239 g/mol. The van der Waals surface area contributed by atoms with Gasteiger partial charge in [-0.25, -0.2) is 4.68 Å². The second-order valence-electron chi connectivity index (χ2n) is 3.16. The van der Waals surface area contributed by atoms with E-state index in [2.05, 4.69) is 33.0 Å². The molecule has 0 spiro atoms. The number of aryl methyl sites for hydroxylation is 1. The van der Waals surface area contributed by atoms with Crippen LogP contribution in [-0.4, -0.2) is 20.2 Å². The van der Waals surface area contributed by atoms with Gasteiger partial charge in [-0.1, -0.05) is 35.4 Å². The van der Waals surface area contributed by atoms with Crippen molar-refractivity contribution in [3.8, 4) is 0 Å². The van der Waals surface area contributed by atoms with Crippen LogP contribution >= 0.6 is 12.4 Å². The highest BCUT2D eigenvalue weighted by molar-refractivity contribution is 5.85. The summed E-state index contributed by atoms with van der Waals surface area (Å²) < 4.78 is 1.73. The third-order valence-corrected chi connectivity index (χ3v) is 2.12. The molecular weight excluding hydrogens is 226 g/mol. The Labute approximate surface area is 100 Å². The summed E-state index contributed by atoms with van der Waals surface area (Å²) in [7, 11) is 0. The van der Waals surface area contributed by atoms with Crippen molar-refractivity contribution in [2.45, 2.75) is 20.0 Å². The van der Waals surface area contributed by atoms with Gasteiger partial charge in [0.2, 0.25) is 5.95 Å². The van der Waals surface area contributed by atoms with Crippen LogP contribution in [0.15, 0.2) is 30.3 Å². The predicted octanol–water partition coefficient (Wildman–Crippen LogP) is 1.73. The van der Waals surface area contributed by atoms with Crippen molar-refractivity contribution in [3.05, 3.63) is 35.9 Å². The second kappa shape index (κ2) is 6.07. The average molecular weight is 240 g/mol. The molecule has 0 aliphatic rings. The molecule has 0 radical (unpaired) electrons. The molecule has 1 N–H and O–H groups in total. The van der Waals surface area contributed by atoms with Gasteiger partial charge in [0.15, 0.2) is 0 Å². The molecule has 86 valence electrons. The SMILES string of the molecule is CCn1nnnc1NCc1ccccc1.Cl. The van der Waals surface area contributed by atoms with Crippen molar-refractivity contribution >= 4 is 18.4 Å². The van der Waals surface area contributed by atoms with Crippen LogP contribution in [0.2, 0.25) is 0 Å². The van der Waals surface area contributed by atoms with Crippen LogP contribution in [0.25, 0.3) is 0 Å². The third kappa shape index (κ3) is 2.93. The summed E-state index contributed by atoms with van der Waals surface area (Å²) in [5, 5.41) is 14.5. The van der Waals surface area contributed by atoms with Crippen LogP contribution in [0.4, 0.5) is 5.95 Å². The smallest absolute Gasteiger partial charge is 0.243 e. The summed E-state index contributed by atoms with van der Waals surface area (Å²) in [5.74, 6) is 0.710. The van der Waals surface area contributed by atoms with Crippen LogP contribution in [0.1, 0.15) is 12.5 Å². The third-order valence-electron chi connectivity index (χ3n) is 2.12. The van der Waals surface area contributed by atoms with Crippen molar-refractivity contribution in [1.82, 2.24) is 20.2 Å². The molecule has 2 rings (SSSR count). The number of benzene rings is 1. The Balaban J connectivity index is 0.00000128. The van der Waals surface area contributed by atoms with Gasteiger partial charge in [-0.2, -0.15) is 0 Å². The van der Waals surface area contributed by atoms with Crippen LogP contribution in [0.5, 0.6) is 0 Å². The van der Waals surface area contributed by atoms with Gasteiger partial charge in [-0.05, 0) is 22.9 Å². The molecule has 0 fully saturated rings. The molecule has 0 aliphatic heterocycles. The molecule has 2 aromatic rings. The molecule has 0 saturated heterocycles. The topological polar surface area (TPSA) is 55.6 Å². The summed E-state index contributed by atoms with van der Waals surface area (Å²) >= 11 is 0. The normalized spacial score (nSPS) is 9.56. The first-order valence-electron chi connectivity index (χ1n) is 4.94. The molecule has 1 heterocycles. The summed E-state index contributed by atoms with van der Waals surface area (Å²) in [5.41, 5.74) is 1.21. The summed E-state index contributed by atoms with van der Waals surface area (Å²) in [4.78, 5) is 0. The Morgan fingerprint density at radius 3 is 2.69 bits per heavy atom. The number of anilines is 1. The molecule has 5 nitrogen and oxygen atoms in total. The van der Waals surface area contributed by atoms with E-state index in [-0.39, 0.29) is 12.4 Å². The highest BCUT2D eigenvalue weighted by Crippen LogP contribution is 2.03. The first-order chi connectivity index (χ1) is 7.40. The Kier molecular flexibility index (Phi) is 4.72. The fourth-order valence-electron chi connectivity index (χ4n) is 1.32. The van der Waals surface area contributed by atoms with Crippen LogP contribution in [0.3, 0.4) is 0 Å². The highest BCUT2D eigenvalue weighted by Gasteiger charge is 2.02. The Morgan fingerprint density at radius 1 is 1.25 bits per heavy atom. The fourth-order valence-corrected chi connectivity index (χ4v) is 1.32. The van der Waals surface area contributed by atoms with E-state index < -0.39 is 0 Å². The molecule has 0 atom stereocenters. The maximum atomic E-state index is 3.89. The summed E-state index contributed by atoms with van der Waals surface area (Å²) in [6, 6.07) is 10.2. The quantitative estimate of drug-likeness (QED) is 0.883.